The maximum Gasteiger partial charge on any atom is 0.252 e. The fourth-order valence-electron chi connectivity index (χ4n) is 3.07. The van der Waals surface area contributed by atoms with Gasteiger partial charge < -0.3 is 14.5 Å². The van der Waals surface area contributed by atoms with Crippen molar-refractivity contribution in [1.29, 1.82) is 0 Å². The van der Waals surface area contributed by atoms with Crippen molar-refractivity contribution < 1.29 is 13.9 Å². The van der Waals surface area contributed by atoms with Crippen molar-refractivity contribution >= 4 is 5.91 Å². The molecule has 0 saturated heterocycles. The van der Waals surface area contributed by atoms with E-state index in [1.165, 1.54) is 5.56 Å². The van der Waals surface area contributed by atoms with Crippen molar-refractivity contribution in [3.8, 4) is 28.7 Å². The SMILES string of the molecule is COc1cc(CNC(=O)c2ccccc2-c2ncc(-c3ccc(C)cc3)o2)ccn1. The number of carbonyl (C=O) groups is 1. The second-order valence-corrected chi connectivity index (χ2v) is 6.83. The molecule has 1 amide bonds. The van der Waals surface area contributed by atoms with Crippen molar-refractivity contribution in [2.75, 3.05) is 7.11 Å². The summed E-state index contributed by atoms with van der Waals surface area (Å²) >= 11 is 0. The lowest BCUT2D eigenvalue weighted by molar-refractivity contribution is 0.0951. The summed E-state index contributed by atoms with van der Waals surface area (Å²) in [5, 5.41) is 2.93. The molecule has 0 fully saturated rings. The van der Waals surface area contributed by atoms with Gasteiger partial charge in [-0.05, 0) is 30.7 Å². The Kier molecular flexibility index (Phi) is 5.57. The average molecular weight is 399 g/mol. The molecule has 2 aromatic carbocycles. The third kappa shape index (κ3) is 4.22. The van der Waals surface area contributed by atoms with Crippen LogP contribution < -0.4 is 10.1 Å². The van der Waals surface area contributed by atoms with Crippen molar-refractivity contribution in [3.63, 3.8) is 0 Å². The number of ether oxygens (including phenoxy) is 1. The van der Waals surface area contributed by atoms with Gasteiger partial charge in [0, 0.05) is 29.9 Å². The number of oxazole rings is 1. The number of carbonyl (C=O) groups excluding carboxylic acids is 1. The second kappa shape index (κ2) is 8.61. The largest absolute Gasteiger partial charge is 0.481 e. The highest BCUT2D eigenvalue weighted by atomic mass is 16.5. The number of benzene rings is 2. The molecule has 0 bridgehead atoms. The zero-order valence-electron chi connectivity index (χ0n) is 16.8. The predicted molar refractivity (Wildman–Crippen MR) is 114 cm³/mol. The van der Waals surface area contributed by atoms with Crippen molar-refractivity contribution in [3.05, 3.63) is 89.7 Å². The number of hydrogen-bond donors (Lipinski definition) is 1. The third-order valence-corrected chi connectivity index (χ3v) is 4.71. The zero-order valence-corrected chi connectivity index (χ0v) is 16.8. The fourth-order valence-corrected chi connectivity index (χ4v) is 3.07. The summed E-state index contributed by atoms with van der Waals surface area (Å²) in [4.78, 5) is 21.3. The van der Waals surface area contributed by atoms with Gasteiger partial charge in [0.05, 0.1) is 18.9 Å². The molecular formula is C24H21N3O3. The van der Waals surface area contributed by atoms with Crippen LogP contribution in [-0.4, -0.2) is 23.0 Å². The molecular weight excluding hydrogens is 378 g/mol. The minimum atomic E-state index is -0.212. The van der Waals surface area contributed by atoms with Crippen LogP contribution in [0.4, 0.5) is 0 Å². The summed E-state index contributed by atoms with van der Waals surface area (Å²) in [7, 11) is 1.56. The molecule has 2 aromatic heterocycles. The van der Waals surface area contributed by atoms with Gasteiger partial charge in [0.2, 0.25) is 11.8 Å². The van der Waals surface area contributed by atoms with Crippen LogP contribution in [0.2, 0.25) is 0 Å². The maximum atomic E-state index is 12.9. The molecule has 0 radical (unpaired) electrons. The van der Waals surface area contributed by atoms with Gasteiger partial charge >= 0.3 is 0 Å². The minimum absolute atomic E-state index is 0.212. The molecule has 0 aliphatic carbocycles. The number of nitrogens with zero attached hydrogens (tertiary/aromatic N) is 2. The van der Waals surface area contributed by atoms with Crippen LogP contribution in [0, 0.1) is 6.92 Å². The van der Waals surface area contributed by atoms with E-state index < -0.39 is 0 Å². The van der Waals surface area contributed by atoms with E-state index in [9.17, 15) is 4.79 Å². The van der Waals surface area contributed by atoms with E-state index in [0.29, 0.717) is 35.2 Å². The number of nitrogens with one attached hydrogen (secondary N) is 1. The lowest BCUT2D eigenvalue weighted by atomic mass is 10.1. The average Bonchev–Trinajstić information content (AvgIpc) is 3.28. The van der Waals surface area contributed by atoms with E-state index in [1.54, 1.807) is 31.6 Å². The number of amides is 1. The van der Waals surface area contributed by atoms with Gasteiger partial charge in [-0.3, -0.25) is 4.79 Å². The maximum absolute atomic E-state index is 12.9. The predicted octanol–water partition coefficient (Wildman–Crippen LogP) is 4.65. The molecule has 2 heterocycles. The van der Waals surface area contributed by atoms with Crippen LogP contribution in [0.25, 0.3) is 22.8 Å². The first-order valence-electron chi connectivity index (χ1n) is 9.53. The van der Waals surface area contributed by atoms with Gasteiger partial charge in [0.15, 0.2) is 5.76 Å². The number of pyridine rings is 1. The van der Waals surface area contributed by atoms with Crippen LogP contribution in [0.5, 0.6) is 5.88 Å². The number of rotatable bonds is 6. The molecule has 0 aliphatic rings. The molecule has 0 atom stereocenters. The van der Waals surface area contributed by atoms with Crippen molar-refractivity contribution in [2.45, 2.75) is 13.5 Å². The quantitative estimate of drug-likeness (QED) is 0.511. The Labute approximate surface area is 174 Å². The Hall–Kier alpha value is -3.93. The fraction of sp³-hybridized carbons (Fsp3) is 0.125. The number of aryl methyl sites for hydroxylation is 1. The van der Waals surface area contributed by atoms with E-state index in [0.717, 1.165) is 11.1 Å². The van der Waals surface area contributed by atoms with E-state index in [-0.39, 0.29) is 5.91 Å². The van der Waals surface area contributed by atoms with Gasteiger partial charge in [-0.15, -0.1) is 0 Å². The highest BCUT2D eigenvalue weighted by Gasteiger charge is 2.17. The molecule has 4 rings (SSSR count). The van der Waals surface area contributed by atoms with Crippen molar-refractivity contribution in [2.24, 2.45) is 0 Å². The molecule has 6 heteroatoms. The van der Waals surface area contributed by atoms with Gasteiger partial charge in [0.25, 0.3) is 5.91 Å². The second-order valence-electron chi connectivity index (χ2n) is 6.83. The Morgan fingerprint density at radius 1 is 1.07 bits per heavy atom. The van der Waals surface area contributed by atoms with E-state index in [4.69, 9.17) is 9.15 Å². The highest BCUT2D eigenvalue weighted by molar-refractivity contribution is 6.00. The van der Waals surface area contributed by atoms with Gasteiger partial charge in [0.1, 0.15) is 0 Å². The van der Waals surface area contributed by atoms with Crippen LogP contribution in [0.15, 0.2) is 77.5 Å². The molecule has 30 heavy (non-hydrogen) atoms. The van der Waals surface area contributed by atoms with Crippen molar-refractivity contribution in [1.82, 2.24) is 15.3 Å². The summed E-state index contributed by atoms with van der Waals surface area (Å²) in [5.74, 6) is 1.35. The van der Waals surface area contributed by atoms with Crippen LogP contribution in [0.1, 0.15) is 21.5 Å². The Bertz CT molecular complexity index is 1170. The van der Waals surface area contributed by atoms with E-state index in [1.807, 2.05) is 55.5 Å². The third-order valence-electron chi connectivity index (χ3n) is 4.71. The summed E-state index contributed by atoms with van der Waals surface area (Å²) in [5.41, 5.74) is 4.14. The standard InChI is InChI=1S/C24H21N3O3/c1-16-7-9-18(10-8-16)21-15-27-24(30-21)20-6-4-3-5-19(20)23(28)26-14-17-11-12-25-22(13-17)29-2/h3-13,15H,14H2,1-2H3,(H,26,28). The van der Waals surface area contributed by atoms with Gasteiger partial charge in [-0.25, -0.2) is 9.97 Å². The summed E-state index contributed by atoms with van der Waals surface area (Å²) in [6.07, 6.45) is 3.32. The smallest absolute Gasteiger partial charge is 0.252 e. The summed E-state index contributed by atoms with van der Waals surface area (Å²) < 4.78 is 11.1. The first-order valence-corrected chi connectivity index (χ1v) is 9.53. The van der Waals surface area contributed by atoms with Crippen LogP contribution in [0.3, 0.4) is 0 Å². The lowest BCUT2D eigenvalue weighted by Crippen LogP contribution is -2.23. The molecule has 0 aliphatic heterocycles. The Balaban J connectivity index is 1.55. The summed E-state index contributed by atoms with van der Waals surface area (Å²) in [6, 6.07) is 18.9. The zero-order chi connectivity index (χ0) is 20.9. The lowest BCUT2D eigenvalue weighted by Gasteiger charge is -2.09. The molecule has 0 saturated carbocycles. The monoisotopic (exact) mass is 399 g/mol. The normalized spacial score (nSPS) is 10.6. The first-order chi connectivity index (χ1) is 14.6. The molecule has 6 nitrogen and oxygen atoms in total. The Morgan fingerprint density at radius 2 is 1.87 bits per heavy atom. The number of methoxy groups -OCH3 is 1. The van der Waals surface area contributed by atoms with E-state index >= 15 is 0 Å². The highest BCUT2D eigenvalue weighted by Crippen LogP contribution is 2.28. The Morgan fingerprint density at radius 3 is 2.67 bits per heavy atom. The van der Waals surface area contributed by atoms with Gasteiger partial charge in [-0.2, -0.15) is 0 Å². The number of aromatic nitrogens is 2. The van der Waals surface area contributed by atoms with Crippen LogP contribution >= 0.6 is 0 Å². The summed E-state index contributed by atoms with van der Waals surface area (Å²) in [6.45, 7) is 2.39. The molecule has 1 N–H and O–H groups in total. The first kappa shape index (κ1) is 19.4. The van der Waals surface area contributed by atoms with Gasteiger partial charge in [-0.1, -0.05) is 42.0 Å². The minimum Gasteiger partial charge on any atom is -0.481 e. The molecule has 0 spiro atoms. The number of hydrogen-bond acceptors (Lipinski definition) is 5. The van der Waals surface area contributed by atoms with Crippen LogP contribution in [-0.2, 0) is 6.54 Å². The molecule has 4 aromatic rings. The molecule has 0 unspecified atom stereocenters. The van der Waals surface area contributed by atoms with E-state index in [2.05, 4.69) is 15.3 Å². The topological polar surface area (TPSA) is 77.2 Å². The molecule has 150 valence electrons.